The van der Waals surface area contributed by atoms with Gasteiger partial charge in [-0.1, -0.05) is 97.1 Å². The van der Waals surface area contributed by atoms with Gasteiger partial charge in [0, 0.05) is 0 Å². The first-order valence-corrected chi connectivity index (χ1v) is 12.5. The van der Waals surface area contributed by atoms with E-state index in [2.05, 4.69) is 133 Å². The van der Waals surface area contributed by atoms with Crippen molar-refractivity contribution in [3.05, 3.63) is 133 Å². The Morgan fingerprint density at radius 1 is 0.194 bits per heavy atom. The predicted molar refractivity (Wildman–Crippen MR) is 154 cm³/mol. The van der Waals surface area contributed by atoms with E-state index in [4.69, 9.17) is 0 Å². The molecule has 0 aromatic heterocycles. The molecule has 0 unspecified atom stereocenters. The lowest BCUT2D eigenvalue weighted by atomic mass is 9.78. The molecule has 0 amide bonds. The lowest BCUT2D eigenvalue weighted by Gasteiger charge is -2.25. The van der Waals surface area contributed by atoms with E-state index in [1.54, 1.807) is 0 Å². The summed E-state index contributed by atoms with van der Waals surface area (Å²) in [5, 5.41) is 7.62. The predicted octanol–water partition coefficient (Wildman–Crippen LogP) is 10.1. The van der Waals surface area contributed by atoms with E-state index in [0.29, 0.717) is 0 Å². The van der Waals surface area contributed by atoms with E-state index in [-0.39, 0.29) is 0 Å². The molecule has 0 N–H and O–H groups in total. The molecule has 1 aliphatic carbocycles. The van der Waals surface area contributed by atoms with E-state index in [1.165, 1.54) is 76.8 Å². The van der Waals surface area contributed by atoms with Crippen molar-refractivity contribution in [3.8, 4) is 44.5 Å². The van der Waals surface area contributed by atoms with Gasteiger partial charge in [-0.2, -0.15) is 0 Å². The van der Waals surface area contributed by atoms with Gasteiger partial charge in [-0.05, 0) is 113 Å². The van der Waals surface area contributed by atoms with Crippen LogP contribution in [-0.2, 0) is 0 Å². The van der Waals surface area contributed by atoms with Gasteiger partial charge >= 0.3 is 0 Å². The zero-order valence-electron chi connectivity index (χ0n) is 19.7. The fourth-order valence-corrected chi connectivity index (χ4v) is 6.01. The third-order valence-electron chi connectivity index (χ3n) is 7.75. The Balaban J connectivity index is 1.62. The maximum absolute atomic E-state index is 2.39. The van der Waals surface area contributed by atoms with Crippen LogP contribution < -0.4 is 0 Å². The van der Waals surface area contributed by atoms with Crippen LogP contribution >= 0.6 is 0 Å². The van der Waals surface area contributed by atoms with Gasteiger partial charge in [-0.15, -0.1) is 0 Å². The minimum atomic E-state index is 1.27. The quantitative estimate of drug-likeness (QED) is 0.214. The third-order valence-corrected chi connectivity index (χ3v) is 7.75. The maximum atomic E-state index is 2.39. The van der Waals surface area contributed by atoms with Crippen molar-refractivity contribution in [1.82, 2.24) is 0 Å². The average molecular weight is 455 g/mol. The first kappa shape index (κ1) is 19.6. The summed E-state index contributed by atoms with van der Waals surface area (Å²) in [6, 6.07) is 49.4. The van der Waals surface area contributed by atoms with Gasteiger partial charge in [0.05, 0.1) is 0 Å². The van der Waals surface area contributed by atoms with Crippen molar-refractivity contribution in [2.45, 2.75) is 0 Å². The molecule has 0 heteroatoms. The molecule has 0 atom stereocenters. The smallest absolute Gasteiger partial charge is 0.00923 e. The van der Waals surface area contributed by atoms with E-state index in [0.717, 1.165) is 0 Å². The number of fused-ring (bicyclic) bond motifs is 11. The topological polar surface area (TPSA) is 0 Å². The second-order valence-electron chi connectivity index (χ2n) is 9.78. The van der Waals surface area contributed by atoms with E-state index < -0.39 is 0 Å². The molecule has 8 rings (SSSR count). The zero-order chi connectivity index (χ0) is 23.6. The van der Waals surface area contributed by atoms with Crippen LogP contribution in [0.4, 0.5) is 0 Å². The standard InChI is InChI=1S/C36H22/c1-3-11-25-19-33-31(17-23(25)9-1)29-15-7-8-16-30(29)32-18-24-10-2-4-12-26(24)20-34(32)36-22-28-14-6-5-13-27(28)21-35(33)36/h1-22H. The Kier molecular flexibility index (Phi) is 4.03. The maximum Gasteiger partial charge on any atom is -0.00923 e. The Labute approximate surface area is 210 Å². The summed E-state index contributed by atoms with van der Waals surface area (Å²) in [7, 11) is 0. The summed E-state index contributed by atoms with van der Waals surface area (Å²) in [4.78, 5) is 0. The van der Waals surface area contributed by atoms with Gasteiger partial charge in [0.25, 0.3) is 0 Å². The lowest BCUT2D eigenvalue weighted by molar-refractivity contribution is 1.56. The van der Waals surface area contributed by atoms with Gasteiger partial charge < -0.3 is 0 Å². The number of rotatable bonds is 0. The molecule has 0 fully saturated rings. The fraction of sp³-hybridized carbons (Fsp3) is 0. The van der Waals surface area contributed by atoms with Crippen molar-refractivity contribution in [2.75, 3.05) is 0 Å². The van der Waals surface area contributed by atoms with Gasteiger partial charge in [-0.25, -0.2) is 0 Å². The van der Waals surface area contributed by atoms with Gasteiger partial charge in [-0.3, -0.25) is 0 Å². The van der Waals surface area contributed by atoms with Crippen molar-refractivity contribution < 1.29 is 0 Å². The van der Waals surface area contributed by atoms with Crippen molar-refractivity contribution >= 4 is 32.3 Å². The Hall–Kier alpha value is -4.68. The third kappa shape index (κ3) is 2.82. The monoisotopic (exact) mass is 454 g/mol. The fourth-order valence-electron chi connectivity index (χ4n) is 6.01. The van der Waals surface area contributed by atoms with E-state index in [1.807, 2.05) is 0 Å². The summed E-state index contributed by atoms with van der Waals surface area (Å²) >= 11 is 0. The molecule has 7 aromatic rings. The first-order chi connectivity index (χ1) is 17.8. The summed E-state index contributed by atoms with van der Waals surface area (Å²) in [6.07, 6.45) is 0. The highest BCUT2D eigenvalue weighted by Gasteiger charge is 2.23. The molecule has 0 saturated heterocycles. The molecule has 0 aliphatic heterocycles. The molecular formula is C36H22. The minimum Gasteiger partial charge on any atom is -0.0616 e. The molecule has 36 heavy (non-hydrogen) atoms. The highest BCUT2D eigenvalue weighted by atomic mass is 14.3. The first-order valence-electron chi connectivity index (χ1n) is 12.5. The molecule has 0 saturated carbocycles. The van der Waals surface area contributed by atoms with Crippen LogP contribution in [0.5, 0.6) is 0 Å². The van der Waals surface area contributed by atoms with Crippen LogP contribution in [0.1, 0.15) is 0 Å². The normalized spacial score (nSPS) is 11.9. The van der Waals surface area contributed by atoms with Crippen LogP contribution in [0.2, 0.25) is 0 Å². The summed E-state index contributed by atoms with van der Waals surface area (Å²) in [5.74, 6) is 0. The summed E-state index contributed by atoms with van der Waals surface area (Å²) in [5.41, 5.74) is 10.3. The molecule has 0 radical (unpaired) electrons. The van der Waals surface area contributed by atoms with Gasteiger partial charge in [0.15, 0.2) is 0 Å². The lowest BCUT2D eigenvalue weighted by Crippen LogP contribution is -1.98. The second kappa shape index (κ2) is 7.41. The van der Waals surface area contributed by atoms with Crippen LogP contribution in [0.15, 0.2) is 133 Å². The highest BCUT2D eigenvalue weighted by molar-refractivity contribution is 6.11. The minimum absolute atomic E-state index is 1.27. The number of hydrogen-bond acceptors (Lipinski definition) is 0. The Morgan fingerprint density at radius 2 is 0.389 bits per heavy atom. The van der Waals surface area contributed by atoms with Crippen molar-refractivity contribution in [1.29, 1.82) is 0 Å². The van der Waals surface area contributed by atoms with E-state index in [9.17, 15) is 0 Å². The Morgan fingerprint density at radius 3 is 0.639 bits per heavy atom. The SMILES string of the molecule is c1ccc2c(c1)-c1cc3ccccc3cc1-c1cc3ccccc3cc1-c1cc3ccccc3cc1-2. The molecule has 0 spiro atoms. The van der Waals surface area contributed by atoms with Crippen molar-refractivity contribution in [2.24, 2.45) is 0 Å². The second-order valence-corrected chi connectivity index (χ2v) is 9.78. The van der Waals surface area contributed by atoms with Gasteiger partial charge in [0.2, 0.25) is 0 Å². The van der Waals surface area contributed by atoms with Gasteiger partial charge in [0.1, 0.15) is 0 Å². The molecule has 0 heterocycles. The summed E-state index contributed by atoms with van der Waals surface area (Å²) in [6.45, 7) is 0. The molecule has 166 valence electrons. The van der Waals surface area contributed by atoms with Crippen LogP contribution in [0.25, 0.3) is 76.8 Å². The zero-order valence-corrected chi connectivity index (χ0v) is 19.7. The largest absolute Gasteiger partial charge is 0.0616 e. The molecule has 7 aromatic carbocycles. The number of hydrogen-bond donors (Lipinski definition) is 0. The van der Waals surface area contributed by atoms with E-state index >= 15 is 0 Å². The molecule has 1 aliphatic rings. The highest BCUT2D eigenvalue weighted by Crippen LogP contribution is 2.50. The number of benzene rings is 7. The molecular weight excluding hydrogens is 432 g/mol. The average Bonchev–Trinajstić information content (AvgIpc) is 2.94. The van der Waals surface area contributed by atoms with Crippen LogP contribution in [0.3, 0.4) is 0 Å². The Bertz CT molecular complexity index is 1850. The molecule has 0 bridgehead atoms. The van der Waals surface area contributed by atoms with Crippen molar-refractivity contribution in [3.63, 3.8) is 0 Å². The molecule has 0 nitrogen and oxygen atoms in total. The summed E-state index contributed by atoms with van der Waals surface area (Å²) < 4.78 is 0. The van der Waals surface area contributed by atoms with Crippen LogP contribution in [-0.4, -0.2) is 0 Å². The van der Waals surface area contributed by atoms with Crippen LogP contribution in [0, 0.1) is 0 Å².